The van der Waals surface area contributed by atoms with Crippen LogP contribution in [0.1, 0.15) is 0 Å². The molecule has 0 saturated carbocycles. The van der Waals surface area contributed by atoms with Crippen molar-refractivity contribution in [2.45, 2.75) is 12.6 Å². The number of rotatable bonds is 3. The molecule has 1 fully saturated rings. The highest BCUT2D eigenvalue weighted by atomic mass is 16.5. The Morgan fingerprint density at radius 3 is 3.05 bits per heavy atom. The van der Waals surface area contributed by atoms with E-state index in [9.17, 15) is 9.59 Å². The van der Waals surface area contributed by atoms with Crippen LogP contribution in [0.2, 0.25) is 0 Å². The van der Waals surface area contributed by atoms with Crippen LogP contribution in [0.15, 0.2) is 35.4 Å². The van der Waals surface area contributed by atoms with Gasteiger partial charge in [-0.1, -0.05) is 12.1 Å². The van der Waals surface area contributed by atoms with Crippen LogP contribution >= 0.6 is 0 Å². The monoisotopic (exact) mass is 302 g/mol. The van der Waals surface area contributed by atoms with E-state index in [4.69, 9.17) is 10.5 Å². The van der Waals surface area contributed by atoms with Gasteiger partial charge in [-0.15, -0.1) is 0 Å². The number of nitrogens with two attached hydrogens (primary N) is 1. The molecule has 2 heterocycles. The molecule has 0 spiro atoms. The summed E-state index contributed by atoms with van der Waals surface area (Å²) in [5.41, 5.74) is 6.00. The van der Waals surface area contributed by atoms with Gasteiger partial charge < -0.3 is 15.4 Å². The fourth-order valence-corrected chi connectivity index (χ4v) is 2.55. The van der Waals surface area contributed by atoms with E-state index in [1.165, 1.54) is 10.9 Å². The first-order chi connectivity index (χ1) is 10.7. The van der Waals surface area contributed by atoms with Gasteiger partial charge in [0.15, 0.2) is 0 Å². The highest BCUT2D eigenvalue weighted by Gasteiger charge is 2.23. The molecular weight excluding hydrogens is 284 g/mol. The Morgan fingerprint density at radius 2 is 2.23 bits per heavy atom. The number of benzene rings is 1. The molecular formula is C15H18N4O3. The third-order valence-electron chi connectivity index (χ3n) is 3.79. The van der Waals surface area contributed by atoms with Gasteiger partial charge in [0.2, 0.25) is 5.91 Å². The standard InChI is InChI=1S/C15H18N4O3/c16-7-11-8-18(5-6-22-11)14(20)9-19-10-17-13-4-2-1-3-12(13)15(19)21/h1-4,10-11H,5-9,16H2. The molecule has 0 bridgehead atoms. The summed E-state index contributed by atoms with van der Waals surface area (Å²) in [4.78, 5) is 30.6. The van der Waals surface area contributed by atoms with Crippen LogP contribution in [0.25, 0.3) is 10.9 Å². The molecule has 1 aromatic carbocycles. The zero-order chi connectivity index (χ0) is 15.5. The van der Waals surface area contributed by atoms with Crippen molar-refractivity contribution < 1.29 is 9.53 Å². The molecule has 1 aromatic heterocycles. The lowest BCUT2D eigenvalue weighted by Crippen LogP contribution is -2.49. The molecule has 1 saturated heterocycles. The summed E-state index contributed by atoms with van der Waals surface area (Å²) in [6.07, 6.45) is 1.29. The van der Waals surface area contributed by atoms with Gasteiger partial charge in [0.1, 0.15) is 6.54 Å². The smallest absolute Gasteiger partial charge is 0.261 e. The Balaban J connectivity index is 1.79. The maximum atomic E-state index is 12.4. The second-order valence-electron chi connectivity index (χ2n) is 5.26. The number of carbonyl (C=O) groups is 1. The fraction of sp³-hybridized carbons (Fsp3) is 0.400. The van der Waals surface area contributed by atoms with E-state index in [0.717, 1.165) is 0 Å². The molecule has 1 aliphatic rings. The fourth-order valence-electron chi connectivity index (χ4n) is 2.55. The van der Waals surface area contributed by atoms with E-state index < -0.39 is 0 Å². The molecule has 7 nitrogen and oxygen atoms in total. The Bertz CT molecular complexity index is 743. The van der Waals surface area contributed by atoms with Gasteiger partial charge in [0.05, 0.1) is 29.9 Å². The lowest BCUT2D eigenvalue weighted by Gasteiger charge is -2.32. The molecule has 1 atom stereocenters. The van der Waals surface area contributed by atoms with Crippen molar-refractivity contribution in [3.05, 3.63) is 40.9 Å². The van der Waals surface area contributed by atoms with Crippen LogP contribution < -0.4 is 11.3 Å². The zero-order valence-corrected chi connectivity index (χ0v) is 12.1. The van der Waals surface area contributed by atoms with Gasteiger partial charge >= 0.3 is 0 Å². The molecule has 22 heavy (non-hydrogen) atoms. The van der Waals surface area contributed by atoms with Crippen molar-refractivity contribution in [3.8, 4) is 0 Å². The number of amides is 1. The molecule has 2 aromatic rings. The number of ether oxygens (including phenoxy) is 1. The summed E-state index contributed by atoms with van der Waals surface area (Å²) in [6, 6.07) is 7.10. The average Bonchev–Trinajstić information content (AvgIpc) is 2.57. The third-order valence-corrected chi connectivity index (χ3v) is 3.79. The van der Waals surface area contributed by atoms with Crippen LogP contribution in [-0.2, 0) is 16.1 Å². The minimum absolute atomic E-state index is 0.0199. The van der Waals surface area contributed by atoms with Crippen molar-refractivity contribution in [2.24, 2.45) is 5.73 Å². The largest absolute Gasteiger partial charge is 0.373 e. The van der Waals surface area contributed by atoms with E-state index in [0.29, 0.717) is 37.1 Å². The predicted octanol–water partition coefficient (Wildman–Crippen LogP) is -0.417. The first-order valence-corrected chi connectivity index (χ1v) is 7.22. The summed E-state index contributed by atoms with van der Waals surface area (Å²) in [6.45, 7) is 1.81. The topological polar surface area (TPSA) is 90.5 Å². The third kappa shape index (κ3) is 2.86. The summed E-state index contributed by atoms with van der Waals surface area (Å²) < 4.78 is 6.78. The van der Waals surface area contributed by atoms with Crippen LogP contribution in [0.5, 0.6) is 0 Å². The lowest BCUT2D eigenvalue weighted by molar-refractivity contribution is -0.139. The number of carbonyl (C=O) groups excluding carboxylic acids is 1. The Kier molecular flexibility index (Phi) is 4.17. The first-order valence-electron chi connectivity index (χ1n) is 7.22. The maximum absolute atomic E-state index is 12.4. The normalized spacial score (nSPS) is 18.6. The number of morpholine rings is 1. The summed E-state index contributed by atoms with van der Waals surface area (Å²) in [5.74, 6) is -0.124. The van der Waals surface area contributed by atoms with Crippen LogP contribution in [-0.4, -0.2) is 52.7 Å². The molecule has 116 valence electrons. The Hall–Kier alpha value is -2.25. The summed E-state index contributed by atoms with van der Waals surface area (Å²) in [5, 5.41) is 0.514. The highest BCUT2D eigenvalue weighted by Crippen LogP contribution is 2.07. The first kappa shape index (κ1) is 14.7. The quantitative estimate of drug-likeness (QED) is 0.832. The van der Waals surface area contributed by atoms with Gasteiger partial charge in [-0.25, -0.2) is 4.98 Å². The van der Waals surface area contributed by atoms with Crippen molar-refractivity contribution in [2.75, 3.05) is 26.2 Å². The maximum Gasteiger partial charge on any atom is 0.261 e. The molecule has 2 N–H and O–H groups in total. The minimum atomic E-state index is -0.206. The van der Waals surface area contributed by atoms with Gasteiger partial charge in [0.25, 0.3) is 5.56 Å². The molecule has 1 unspecified atom stereocenters. The van der Waals surface area contributed by atoms with E-state index in [1.807, 2.05) is 6.07 Å². The van der Waals surface area contributed by atoms with Crippen molar-refractivity contribution in [1.82, 2.24) is 14.5 Å². The Morgan fingerprint density at radius 1 is 1.41 bits per heavy atom. The molecule has 7 heteroatoms. The number of para-hydroxylation sites is 1. The minimum Gasteiger partial charge on any atom is -0.373 e. The van der Waals surface area contributed by atoms with Crippen molar-refractivity contribution >= 4 is 16.8 Å². The van der Waals surface area contributed by atoms with Gasteiger partial charge in [0, 0.05) is 19.6 Å². The van der Waals surface area contributed by atoms with Crippen LogP contribution in [0, 0.1) is 0 Å². The summed E-state index contributed by atoms with van der Waals surface area (Å²) >= 11 is 0. The zero-order valence-electron chi connectivity index (χ0n) is 12.1. The van der Waals surface area contributed by atoms with Crippen molar-refractivity contribution in [1.29, 1.82) is 0 Å². The van der Waals surface area contributed by atoms with E-state index in [2.05, 4.69) is 4.98 Å². The predicted molar refractivity (Wildman–Crippen MR) is 81.4 cm³/mol. The van der Waals surface area contributed by atoms with E-state index in [1.54, 1.807) is 23.1 Å². The van der Waals surface area contributed by atoms with Gasteiger partial charge in [-0.2, -0.15) is 0 Å². The van der Waals surface area contributed by atoms with E-state index in [-0.39, 0.29) is 24.1 Å². The Labute approximate surface area is 127 Å². The summed E-state index contributed by atoms with van der Waals surface area (Å²) in [7, 11) is 0. The van der Waals surface area contributed by atoms with Crippen LogP contribution in [0.3, 0.4) is 0 Å². The number of aromatic nitrogens is 2. The van der Waals surface area contributed by atoms with Gasteiger partial charge in [-0.3, -0.25) is 14.2 Å². The molecule has 0 radical (unpaired) electrons. The molecule has 1 aliphatic heterocycles. The average molecular weight is 302 g/mol. The van der Waals surface area contributed by atoms with Crippen LogP contribution in [0.4, 0.5) is 0 Å². The molecule has 1 amide bonds. The molecule has 3 rings (SSSR count). The number of hydrogen-bond donors (Lipinski definition) is 1. The highest BCUT2D eigenvalue weighted by molar-refractivity contribution is 5.79. The van der Waals surface area contributed by atoms with Crippen molar-refractivity contribution in [3.63, 3.8) is 0 Å². The second kappa shape index (κ2) is 6.25. The second-order valence-corrected chi connectivity index (χ2v) is 5.26. The SMILES string of the molecule is NCC1CN(C(=O)Cn2cnc3ccccc3c2=O)CCO1. The molecule has 0 aliphatic carbocycles. The van der Waals surface area contributed by atoms with Gasteiger partial charge in [-0.05, 0) is 12.1 Å². The van der Waals surface area contributed by atoms with E-state index >= 15 is 0 Å². The number of hydrogen-bond acceptors (Lipinski definition) is 5. The number of nitrogens with zero attached hydrogens (tertiary/aromatic N) is 3. The number of fused-ring (bicyclic) bond motifs is 1. The lowest BCUT2D eigenvalue weighted by atomic mass is 10.2.